The van der Waals surface area contributed by atoms with Crippen LogP contribution in [0.2, 0.25) is 0 Å². The number of H-pyrrole nitrogens is 2. The Morgan fingerprint density at radius 1 is 1.00 bits per heavy atom. The summed E-state index contributed by atoms with van der Waals surface area (Å²) in [4.78, 5) is 28.7. The second-order valence-corrected chi connectivity index (χ2v) is 4.28. The van der Waals surface area contributed by atoms with Crippen molar-refractivity contribution in [1.82, 2.24) is 9.97 Å². The topological polar surface area (TPSA) is 65.7 Å². The number of nitrogens with one attached hydrogen (secondary N) is 2. The van der Waals surface area contributed by atoms with E-state index in [0.29, 0.717) is 11.8 Å². The number of benzene rings is 1. The lowest BCUT2D eigenvalue weighted by atomic mass is 10.2. The van der Waals surface area contributed by atoms with Gasteiger partial charge in [0.1, 0.15) is 10.7 Å². The van der Waals surface area contributed by atoms with Crippen molar-refractivity contribution in [2.45, 2.75) is 13.3 Å². The van der Waals surface area contributed by atoms with Crippen molar-refractivity contribution in [2.24, 2.45) is 0 Å². The molecule has 0 aliphatic heterocycles. The number of hydrogen-bond donors (Lipinski definition) is 2. The molecule has 0 saturated heterocycles. The van der Waals surface area contributed by atoms with Crippen molar-refractivity contribution in [2.75, 3.05) is 0 Å². The van der Waals surface area contributed by atoms with Gasteiger partial charge in [-0.15, -0.1) is 0 Å². The number of aromatic nitrogens is 2. The van der Waals surface area contributed by atoms with Crippen molar-refractivity contribution in [3.63, 3.8) is 0 Å². The molecular formula is C16H16N2O2. The maximum absolute atomic E-state index is 11.8. The van der Waals surface area contributed by atoms with Gasteiger partial charge in [-0.05, 0) is 18.1 Å². The van der Waals surface area contributed by atoms with Crippen LogP contribution in [0.4, 0.5) is 0 Å². The maximum atomic E-state index is 11.8. The van der Waals surface area contributed by atoms with Crippen molar-refractivity contribution in [3.8, 4) is 0 Å². The summed E-state index contributed by atoms with van der Waals surface area (Å²) in [6.07, 6.45) is 7.56. The molecule has 0 aliphatic carbocycles. The van der Waals surface area contributed by atoms with Crippen molar-refractivity contribution in [1.29, 1.82) is 0 Å². The summed E-state index contributed by atoms with van der Waals surface area (Å²) in [6.45, 7) is 1.90. The van der Waals surface area contributed by atoms with E-state index in [0.717, 1.165) is 5.56 Å². The Labute approximate surface area is 115 Å². The fourth-order valence-corrected chi connectivity index (χ4v) is 1.78. The van der Waals surface area contributed by atoms with Gasteiger partial charge in [-0.3, -0.25) is 9.59 Å². The summed E-state index contributed by atoms with van der Waals surface area (Å²) >= 11 is 0. The van der Waals surface area contributed by atoms with E-state index in [2.05, 4.69) is 9.97 Å². The fraction of sp³-hybridized carbons (Fsp3) is 0.125. The molecule has 102 valence electrons. The molecule has 4 heteroatoms. The molecule has 1 aromatic heterocycles. The van der Waals surface area contributed by atoms with E-state index in [4.69, 9.17) is 0 Å². The van der Waals surface area contributed by atoms with Gasteiger partial charge in [0.15, 0.2) is 0 Å². The zero-order valence-corrected chi connectivity index (χ0v) is 11.2. The SMILES string of the molecule is CC/C=c1\[nH]c(=O)/c(=C/C=C/c2ccccc2)[nH]c1=O. The minimum absolute atomic E-state index is 0.246. The van der Waals surface area contributed by atoms with Crippen LogP contribution >= 0.6 is 0 Å². The third kappa shape index (κ3) is 3.45. The predicted octanol–water partition coefficient (Wildman–Crippen LogP) is 0.748. The Hall–Kier alpha value is -2.62. The lowest BCUT2D eigenvalue weighted by Crippen LogP contribution is -2.46. The highest BCUT2D eigenvalue weighted by molar-refractivity contribution is 5.56. The molecule has 0 atom stereocenters. The summed E-state index contributed by atoms with van der Waals surface area (Å²) in [6, 6.07) is 9.72. The van der Waals surface area contributed by atoms with Crippen LogP contribution in [0.5, 0.6) is 0 Å². The zero-order valence-electron chi connectivity index (χ0n) is 11.2. The standard InChI is InChI=1S/C16H16N2O2/c1-2-7-13-15(19)18-14(16(20)17-13)11-6-10-12-8-4-3-5-9-12/h3-11H,2H2,1H3,(H,17,20)(H,18,19)/b10-6+,13-7-,14-11-. The molecule has 20 heavy (non-hydrogen) atoms. The highest BCUT2D eigenvalue weighted by Crippen LogP contribution is 2.00. The average Bonchev–Trinajstić information content (AvgIpc) is 2.45. The third-order valence-electron chi connectivity index (χ3n) is 2.75. The first-order valence-electron chi connectivity index (χ1n) is 6.47. The molecule has 0 spiro atoms. The lowest BCUT2D eigenvalue weighted by molar-refractivity contribution is 0.996. The first-order valence-corrected chi connectivity index (χ1v) is 6.47. The summed E-state index contributed by atoms with van der Waals surface area (Å²) in [5.41, 5.74) is 0.436. The van der Waals surface area contributed by atoms with Gasteiger partial charge in [0, 0.05) is 0 Å². The molecule has 2 N–H and O–H groups in total. The molecule has 0 unspecified atom stereocenters. The van der Waals surface area contributed by atoms with E-state index in [9.17, 15) is 9.59 Å². The van der Waals surface area contributed by atoms with Gasteiger partial charge >= 0.3 is 0 Å². The van der Waals surface area contributed by atoms with Crippen LogP contribution in [-0.4, -0.2) is 9.97 Å². The van der Waals surface area contributed by atoms with E-state index in [1.54, 1.807) is 18.2 Å². The highest BCUT2D eigenvalue weighted by atomic mass is 16.1. The lowest BCUT2D eigenvalue weighted by Gasteiger charge is -1.90. The van der Waals surface area contributed by atoms with Crippen LogP contribution in [0.1, 0.15) is 18.9 Å². The van der Waals surface area contributed by atoms with E-state index in [1.165, 1.54) is 0 Å². The van der Waals surface area contributed by atoms with Gasteiger partial charge in [0.2, 0.25) is 0 Å². The van der Waals surface area contributed by atoms with Crippen LogP contribution in [0.3, 0.4) is 0 Å². The minimum Gasteiger partial charge on any atom is -0.316 e. The maximum Gasteiger partial charge on any atom is 0.272 e. The zero-order chi connectivity index (χ0) is 14.4. The van der Waals surface area contributed by atoms with Crippen LogP contribution < -0.4 is 21.8 Å². The smallest absolute Gasteiger partial charge is 0.272 e. The average molecular weight is 268 g/mol. The molecule has 4 nitrogen and oxygen atoms in total. The van der Waals surface area contributed by atoms with Gasteiger partial charge in [0.05, 0.1) is 0 Å². The molecule has 0 aliphatic rings. The van der Waals surface area contributed by atoms with E-state index < -0.39 is 0 Å². The number of aromatic amines is 2. The quantitative estimate of drug-likeness (QED) is 0.862. The largest absolute Gasteiger partial charge is 0.316 e. The molecule has 0 fully saturated rings. The summed E-state index contributed by atoms with van der Waals surface area (Å²) < 4.78 is 0. The summed E-state index contributed by atoms with van der Waals surface area (Å²) in [5.74, 6) is 0. The van der Waals surface area contributed by atoms with Gasteiger partial charge in [-0.1, -0.05) is 55.5 Å². The van der Waals surface area contributed by atoms with E-state index >= 15 is 0 Å². The second kappa shape index (κ2) is 6.52. The summed E-state index contributed by atoms with van der Waals surface area (Å²) in [5, 5.41) is 0.553. The second-order valence-electron chi connectivity index (χ2n) is 4.28. The highest BCUT2D eigenvalue weighted by Gasteiger charge is 1.92. The molecule has 1 heterocycles. The molecule has 0 amide bonds. The number of rotatable bonds is 3. The molecule has 1 aromatic carbocycles. The van der Waals surface area contributed by atoms with E-state index in [-0.39, 0.29) is 16.5 Å². The Kier molecular flexibility index (Phi) is 4.50. The van der Waals surface area contributed by atoms with Crippen molar-refractivity contribution < 1.29 is 0 Å². The first-order chi connectivity index (χ1) is 9.70. The monoisotopic (exact) mass is 268 g/mol. The van der Waals surface area contributed by atoms with Gasteiger partial charge in [-0.2, -0.15) is 0 Å². The van der Waals surface area contributed by atoms with Gasteiger partial charge < -0.3 is 9.97 Å². The van der Waals surface area contributed by atoms with E-state index in [1.807, 2.05) is 43.3 Å². The molecule has 2 aromatic rings. The van der Waals surface area contributed by atoms with Crippen LogP contribution in [0.25, 0.3) is 18.2 Å². The Morgan fingerprint density at radius 2 is 1.65 bits per heavy atom. The first kappa shape index (κ1) is 13.8. The number of hydrogen-bond acceptors (Lipinski definition) is 2. The minimum atomic E-state index is -0.304. The fourth-order valence-electron chi connectivity index (χ4n) is 1.78. The predicted molar refractivity (Wildman–Crippen MR) is 81.6 cm³/mol. The van der Waals surface area contributed by atoms with Gasteiger partial charge in [0.25, 0.3) is 11.1 Å². The summed E-state index contributed by atoms with van der Waals surface area (Å²) in [7, 11) is 0. The van der Waals surface area contributed by atoms with Crippen molar-refractivity contribution in [3.05, 3.63) is 73.4 Å². The Morgan fingerprint density at radius 3 is 2.35 bits per heavy atom. The molecule has 0 bridgehead atoms. The Bertz CT molecular complexity index is 827. The third-order valence-corrected chi connectivity index (χ3v) is 2.75. The van der Waals surface area contributed by atoms with Crippen LogP contribution in [0.15, 0.2) is 46.0 Å². The molecule has 0 radical (unpaired) electrons. The normalized spacial score (nSPS) is 13.2. The number of allylic oxidation sites excluding steroid dienone is 1. The van der Waals surface area contributed by atoms with Gasteiger partial charge in [-0.25, -0.2) is 0 Å². The van der Waals surface area contributed by atoms with Crippen LogP contribution in [0, 0.1) is 0 Å². The Balaban J connectivity index is 2.39. The molecular weight excluding hydrogens is 252 g/mol. The van der Waals surface area contributed by atoms with Crippen LogP contribution in [-0.2, 0) is 0 Å². The molecule has 2 rings (SSSR count). The molecule has 0 saturated carbocycles. The van der Waals surface area contributed by atoms with Crippen molar-refractivity contribution >= 4 is 18.2 Å².